The van der Waals surface area contributed by atoms with Crippen LogP contribution in [0, 0.1) is 11.8 Å². The lowest BCUT2D eigenvalue weighted by atomic mass is 10.0. The van der Waals surface area contributed by atoms with Gasteiger partial charge in [0.25, 0.3) is 0 Å². The Balaban J connectivity index is 1.76. The van der Waals surface area contributed by atoms with Gasteiger partial charge in [0.2, 0.25) is 0 Å². The summed E-state index contributed by atoms with van der Waals surface area (Å²) >= 11 is 0. The number of pyridine rings is 1. The lowest BCUT2D eigenvalue weighted by Gasteiger charge is -2.05. The number of nitrogens with zero attached hydrogens (tertiary/aromatic N) is 1. The van der Waals surface area contributed by atoms with Crippen molar-refractivity contribution in [2.45, 2.75) is 0 Å². The van der Waals surface area contributed by atoms with E-state index in [4.69, 9.17) is 0 Å². The molecule has 0 amide bonds. The zero-order valence-electron chi connectivity index (χ0n) is 14.3. The number of methoxy groups -OCH3 is 1. The van der Waals surface area contributed by atoms with E-state index in [9.17, 15) is 4.79 Å². The molecule has 1 aromatic heterocycles. The summed E-state index contributed by atoms with van der Waals surface area (Å²) in [4.78, 5) is 15.5. The van der Waals surface area contributed by atoms with Gasteiger partial charge in [0.1, 0.15) is 0 Å². The van der Waals surface area contributed by atoms with Crippen molar-refractivity contribution in [2.75, 3.05) is 7.11 Å². The van der Waals surface area contributed by atoms with Crippen LogP contribution in [0.2, 0.25) is 0 Å². The Morgan fingerprint density at radius 1 is 1.00 bits per heavy atom. The first-order chi connectivity index (χ1) is 12.8. The summed E-state index contributed by atoms with van der Waals surface area (Å²) in [5, 5.41) is 0. The molecule has 0 bridgehead atoms. The van der Waals surface area contributed by atoms with E-state index in [2.05, 4.69) is 33.7 Å². The van der Waals surface area contributed by atoms with Crippen LogP contribution in [-0.2, 0) is 4.74 Å². The van der Waals surface area contributed by atoms with Gasteiger partial charge in [-0.15, -0.1) is 0 Å². The van der Waals surface area contributed by atoms with Crippen molar-refractivity contribution in [1.29, 1.82) is 0 Å². The fourth-order valence-corrected chi connectivity index (χ4v) is 2.50. The molecule has 0 N–H and O–H groups in total. The minimum absolute atomic E-state index is 0.350. The minimum Gasteiger partial charge on any atom is -0.465 e. The van der Waals surface area contributed by atoms with E-state index in [0.717, 1.165) is 22.3 Å². The molecule has 0 unspecified atom stereocenters. The second-order valence-electron chi connectivity index (χ2n) is 5.49. The van der Waals surface area contributed by atoms with Crippen LogP contribution in [0.5, 0.6) is 0 Å². The SMILES string of the molecule is COC(=O)c1ccc(C#C/C=C/c2ccccc2-c2ccncc2)cc1. The zero-order chi connectivity index (χ0) is 18.2. The molecule has 2 aromatic carbocycles. The van der Waals surface area contributed by atoms with Gasteiger partial charge in [0.05, 0.1) is 12.7 Å². The summed E-state index contributed by atoms with van der Waals surface area (Å²) in [5.41, 5.74) is 4.70. The number of rotatable bonds is 3. The fourth-order valence-electron chi connectivity index (χ4n) is 2.50. The van der Waals surface area contributed by atoms with Crippen molar-refractivity contribution >= 4 is 12.0 Å². The van der Waals surface area contributed by atoms with E-state index < -0.39 is 0 Å². The Morgan fingerprint density at radius 3 is 2.46 bits per heavy atom. The third kappa shape index (κ3) is 4.25. The Kier molecular flexibility index (Phi) is 5.59. The molecule has 0 saturated heterocycles. The Bertz CT molecular complexity index is 978. The predicted octanol–water partition coefficient (Wildman–Crippen LogP) is 4.60. The van der Waals surface area contributed by atoms with Gasteiger partial charge in [-0.25, -0.2) is 4.79 Å². The minimum atomic E-state index is -0.350. The highest BCUT2D eigenvalue weighted by Gasteiger charge is 2.03. The number of carbonyl (C=O) groups excluding carboxylic acids is 1. The largest absolute Gasteiger partial charge is 0.465 e. The summed E-state index contributed by atoms with van der Waals surface area (Å²) in [6.07, 6.45) is 7.39. The third-order valence-electron chi connectivity index (χ3n) is 3.82. The van der Waals surface area contributed by atoms with E-state index in [1.807, 2.05) is 36.4 Å². The highest BCUT2D eigenvalue weighted by molar-refractivity contribution is 5.89. The molecule has 0 aliphatic rings. The number of aromatic nitrogens is 1. The lowest BCUT2D eigenvalue weighted by Crippen LogP contribution is -2.00. The average Bonchev–Trinajstić information content (AvgIpc) is 2.72. The summed E-state index contributed by atoms with van der Waals surface area (Å²) < 4.78 is 4.68. The normalized spacial score (nSPS) is 10.2. The molecular formula is C23H17NO2. The van der Waals surface area contributed by atoms with Crippen molar-refractivity contribution in [3.63, 3.8) is 0 Å². The predicted molar refractivity (Wildman–Crippen MR) is 103 cm³/mol. The van der Waals surface area contributed by atoms with Crippen LogP contribution >= 0.6 is 0 Å². The first kappa shape index (κ1) is 17.2. The number of hydrogen-bond acceptors (Lipinski definition) is 3. The maximum Gasteiger partial charge on any atom is 0.337 e. The van der Waals surface area contributed by atoms with Gasteiger partial charge in [-0.3, -0.25) is 4.98 Å². The highest BCUT2D eigenvalue weighted by atomic mass is 16.5. The second kappa shape index (κ2) is 8.46. The number of benzene rings is 2. The Hall–Kier alpha value is -3.64. The van der Waals surface area contributed by atoms with Crippen molar-refractivity contribution in [2.24, 2.45) is 0 Å². The Morgan fingerprint density at radius 2 is 1.73 bits per heavy atom. The first-order valence-electron chi connectivity index (χ1n) is 8.14. The van der Waals surface area contributed by atoms with Gasteiger partial charge in [-0.05, 0) is 65.2 Å². The van der Waals surface area contributed by atoms with E-state index in [1.165, 1.54) is 7.11 Å². The van der Waals surface area contributed by atoms with Gasteiger partial charge in [-0.2, -0.15) is 0 Å². The van der Waals surface area contributed by atoms with Crippen molar-refractivity contribution in [1.82, 2.24) is 4.98 Å². The quantitative estimate of drug-likeness (QED) is 0.517. The molecule has 0 radical (unpaired) electrons. The van der Waals surface area contributed by atoms with Gasteiger partial charge in [0.15, 0.2) is 0 Å². The fraction of sp³-hybridized carbons (Fsp3) is 0.0435. The van der Waals surface area contributed by atoms with Gasteiger partial charge >= 0.3 is 5.97 Å². The van der Waals surface area contributed by atoms with Gasteiger partial charge in [0, 0.05) is 18.0 Å². The van der Waals surface area contributed by atoms with Crippen molar-refractivity contribution < 1.29 is 9.53 Å². The summed E-state index contributed by atoms with van der Waals surface area (Å²) in [7, 11) is 1.37. The number of hydrogen-bond donors (Lipinski definition) is 0. The van der Waals surface area contributed by atoms with Crippen LogP contribution in [0.3, 0.4) is 0 Å². The Labute approximate surface area is 153 Å². The maximum absolute atomic E-state index is 11.4. The van der Waals surface area contributed by atoms with Crippen LogP contribution in [-0.4, -0.2) is 18.1 Å². The van der Waals surface area contributed by atoms with Crippen LogP contribution in [0.15, 0.2) is 79.1 Å². The molecule has 26 heavy (non-hydrogen) atoms. The highest BCUT2D eigenvalue weighted by Crippen LogP contribution is 2.23. The average molecular weight is 339 g/mol. The number of esters is 1. The van der Waals surface area contributed by atoms with E-state index in [0.29, 0.717) is 5.56 Å². The number of ether oxygens (including phenoxy) is 1. The van der Waals surface area contributed by atoms with Crippen LogP contribution in [0.1, 0.15) is 21.5 Å². The van der Waals surface area contributed by atoms with E-state index in [-0.39, 0.29) is 5.97 Å². The molecule has 0 saturated carbocycles. The molecule has 0 fully saturated rings. The zero-order valence-corrected chi connectivity index (χ0v) is 14.3. The van der Waals surface area contributed by atoms with Gasteiger partial charge < -0.3 is 4.74 Å². The number of carbonyl (C=O) groups is 1. The molecule has 0 atom stereocenters. The maximum atomic E-state index is 11.4. The van der Waals surface area contributed by atoms with Crippen LogP contribution in [0.4, 0.5) is 0 Å². The standard InChI is InChI=1S/C23H17NO2/c1-26-23(25)21-12-10-18(11-13-21)6-2-3-7-19-8-4-5-9-22(19)20-14-16-24-17-15-20/h3-5,7-17H,1H3/b7-3+. The summed E-state index contributed by atoms with van der Waals surface area (Å²) in [5.74, 6) is 5.74. The topological polar surface area (TPSA) is 39.2 Å². The van der Waals surface area contributed by atoms with Crippen molar-refractivity contribution in [3.05, 3.63) is 95.8 Å². The molecular weight excluding hydrogens is 322 g/mol. The molecule has 1 heterocycles. The molecule has 3 aromatic rings. The van der Waals surface area contributed by atoms with E-state index >= 15 is 0 Å². The van der Waals surface area contributed by atoms with Gasteiger partial charge in [-0.1, -0.05) is 36.1 Å². The molecule has 3 nitrogen and oxygen atoms in total. The van der Waals surface area contributed by atoms with Crippen LogP contribution < -0.4 is 0 Å². The lowest BCUT2D eigenvalue weighted by molar-refractivity contribution is 0.0600. The molecule has 0 spiro atoms. The number of allylic oxidation sites excluding steroid dienone is 1. The monoisotopic (exact) mass is 339 g/mol. The molecule has 0 aliphatic heterocycles. The third-order valence-corrected chi connectivity index (χ3v) is 3.82. The molecule has 0 aliphatic carbocycles. The smallest absolute Gasteiger partial charge is 0.337 e. The first-order valence-corrected chi connectivity index (χ1v) is 8.14. The summed E-state index contributed by atoms with van der Waals surface area (Å²) in [6.45, 7) is 0. The molecule has 126 valence electrons. The molecule has 3 heteroatoms. The molecule has 3 rings (SSSR count). The van der Waals surface area contributed by atoms with Crippen LogP contribution in [0.25, 0.3) is 17.2 Å². The summed E-state index contributed by atoms with van der Waals surface area (Å²) in [6, 6.07) is 19.1. The second-order valence-corrected chi connectivity index (χ2v) is 5.49. The van der Waals surface area contributed by atoms with Crippen molar-refractivity contribution in [3.8, 4) is 23.0 Å². The van der Waals surface area contributed by atoms with E-state index in [1.54, 1.807) is 36.7 Å².